The zero-order valence-electron chi connectivity index (χ0n) is 17.1. The lowest BCUT2D eigenvalue weighted by Crippen LogP contribution is -2.06. The first kappa shape index (κ1) is 22.4. The molecular weight excluding hydrogens is 459 g/mol. The maximum Gasteiger partial charge on any atom is 0.256 e. The minimum atomic E-state index is -0.374. The van der Waals surface area contributed by atoms with Gasteiger partial charge in [-0.05, 0) is 35.2 Å². The molecule has 4 aromatic carbocycles. The van der Waals surface area contributed by atoms with E-state index in [9.17, 15) is 14.8 Å². The average molecular weight is 475 g/mol. The minimum absolute atomic E-state index is 0.00122. The van der Waals surface area contributed by atoms with Gasteiger partial charge in [0.25, 0.3) is 5.69 Å². The lowest BCUT2D eigenvalue weighted by atomic mass is 10.0. The number of hydrogen-bond acceptors (Lipinski definition) is 4. The summed E-state index contributed by atoms with van der Waals surface area (Å²) in [7, 11) is 0. The van der Waals surface area contributed by atoms with Crippen LogP contribution in [0.3, 0.4) is 0 Å². The SMILES string of the molecule is O=C(c1ccccc1)c1cc(Cl)ccc1N=[N+]([O-])c1ccc(Cl)cc1C(=O)c1ccccc1. The molecule has 5 nitrogen and oxygen atoms in total. The van der Waals surface area contributed by atoms with Crippen molar-refractivity contribution >= 4 is 46.1 Å². The second-order valence-corrected chi connectivity index (χ2v) is 7.96. The summed E-state index contributed by atoms with van der Waals surface area (Å²) in [4.78, 5) is 26.4. The molecular formula is C26H16Cl2N2O3. The van der Waals surface area contributed by atoms with Crippen molar-refractivity contribution in [3.63, 3.8) is 0 Å². The zero-order valence-corrected chi connectivity index (χ0v) is 18.6. The molecule has 0 saturated carbocycles. The van der Waals surface area contributed by atoms with Crippen LogP contribution in [0.25, 0.3) is 0 Å². The summed E-state index contributed by atoms with van der Waals surface area (Å²) in [5.41, 5.74) is 1.22. The molecule has 4 aromatic rings. The van der Waals surface area contributed by atoms with Crippen molar-refractivity contribution in [1.82, 2.24) is 0 Å². The van der Waals surface area contributed by atoms with Gasteiger partial charge in [0, 0.05) is 32.4 Å². The fourth-order valence-corrected chi connectivity index (χ4v) is 3.62. The van der Waals surface area contributed by atoms with Gasteiger partial charge in [-0.2, -0.15) is 0 Å². The van der Waals surface area contributed by atoms with Crippen LogP contribution in [-0.2, 0) is 0 Å². The number of hydrogen-bond donors (Lipinski definition) is 0. The van der Waals surface area contributed by atoms with E-state index in [4.69, 9.17) is 23.2 Å². The Morgan fingerprint density at radius 1 is 0.667 bits per heavy atom. The Morgan fingerprint density at radius 3 is 1.73 bits per heavy atom. The zero-order chi connectivity index (χ0) is 23.4. The molecule has 0 aromatic heterocycles. The summed E-state index contributed by atoms with van der Waals surface area (Å²) < 4.78 is 0. The summed E-state index contributed by atoms with van der Waals surface area (Å²) in [6.07, 6.45) is 0. The van der Waals surface area contributed by atoms with E-state index < -0.39 is 0 Å². The van der Waals surface area contributed by atoms with E-state index in [1.54, 1.807) is 60.7 Å². The van der Waals surface area contributed by atoms with Crippen LogP contribution in [-0.4, -0.2) is 16.4 Å². The molecule has 0 bridgehead atoms. The Labute approximate surface area is 200 Å². The van der Waals surface area contributed by atoms with Crippen LogP contribution in [0.5, 0.6) is 0 Å². The molecule has 0 aliphatic carbocycles. The highest BCUT2D eigenvalue weighted by molar-refractivity contribution is 6.31. The fraction of sp³-hybridized carbons (Fsp3) is 0. The topological polar surface area (TPSA) is 72.6 Å². The first-order valence-electron chi connectivity index (χ1n) is 9.91. The molecule has 33 heavy (non-hydrogen) atoms. The number of nitrogens with zero attached hydrogens (tertiary/aromatic N) is 2. The Hall–Kier alpha value is -3.80. The summed E-state index contributed by atoms with van der Waals surface area (Å²) in [6, 6.07) is 26.0. The van der Waals surface area contributed by atoms with Gasteiger partial charge in [0.05, 0.1) is 11.1 Å². The van der Waals surface area contributed by atoms with Gasteiger partial charge in [-0.25, -0.2) is 0 Å². The molecule has 0 heterocycles. The van der Waals surface area contributed by atoms with Crippen LogP contribution in [0, 0.1) is 5.21 Å². The first-order chi connectivity index (χ1) is 15.9. The van der Waals surface area contributed by atoms with Gasteiger partial charge in [-0.15, -0.1) is 0 Å². The molecule has 0 atom stereocenters. The predicted molar refractivity (Wildman–Crippen MR) is 128 cm³/mol. The molecule has 4 rings (SSSR count). The van der Waals surface area contributed by atoms with Crippen LogP contribution in [0.15, 0.2) is 102 Å². The monoisotopic (exact) mass is 474 g/mol. The maximum absolute atomic E-state index is 13.1. The number of azo groups is 1. The normalized spacial score (nSPS) is 11.3. The smallest absolute Gasteiger partial charge is 0.256 e. The molecule has 0 aliphatic heterocycles. The number of halogens is 2. The number of ketones is 2. The van der Waals surface area contributed by atoms with Crippen LogP contribution in [0.4, 0.5) is 11.4 Å². The molecule has 162 valence electrons. The van der Waals surface area contributed by atoms with Gasteiger partial charge < -0.3 is 5.21 Å². The lowest BCUT2D eigenvalue weighted by Gasteiger charge is -2.09. The molecule has 0 radical (unpaired) electrons. The van der Waals surface area contributed by atoms with Gasteiger partial charge in [0.15, 0.2) is 11.6 Å². The standard InChI is InChI=1S/C26H16Cl2N2O3/c27-19-11-13-23(21(15-19)25(31)17-7-3-1-4-8-17)29-30(33)24-14-12-20(28)16-22(24)26(32)18-9-5-2-6-10-18/h1-16H. The Bertz CT molecular complexity index is 1370. The molecule has 0 aliphatic rings. The van der Waals surface area contributed by atoms with E-state index in [1.165, 1.54) is 36.4 Å². The summed E-state index contributed by atoms with van der Waals surface area (Å²) >= 11 is 12.2. The molecule has 0 saturated heterocycles. The highest BCUT2D eigenvalue weighted by atomic mass is 35.5. The molecule has 0 N–H and O–H groups in total. The molecule has 0 amide bonds. The van der Waals surface area contributed by atoms with E-state index in [0.717, 1.165) is 0 Å². The third kappa shape index (κ3) is 5.00. The van der Waals surface area contributed by atoms with E-state index >= 15 is 0 Å². The Balaban J connectivity index is 1.80. The van der Waals surface area contributed by atoms with Crippen LogP contribution in [0.1, 0.15) is 31.8 Å². The van der Waals surface area contributed by atoms with Crippen molar-refractivity contribution in [2.45, 2.75) is 0 Å². The van der Waals surface area contributed by atoms with Crippen molar-refractivity contribution in [2.24, 2.45) is 5.11 Å². The fourth-order valence-electron chi connectivity index (χ4n) is 3.28. The highest BCUT2D eigenvalue weighted by Gasteiger charge is 2.22. The lowest BCUT2D eigenvalue weighted by molar-refractivity contribution is -0.435. The molecule has 7 heteroatoms. The quantitative estimate of drug-likeness (QED) is 0.126. The van der Waals surface area contributed by atoms with E-state index in [0.29, 0.717) is 26.0 Å². The Morgan fingerprint density at radius 2 is 1.15 bits per heavy atom. The predicted octanol–water partition coefficient (Wildman–Crippen LogP) is 7.38. The summed E-state index contributed by atoms with van der Waals surface area (Å²) in [5, 5.41) is 17.8. The average Bonchev–Trinajstić information content (AvgIpc) is 2.85. The number of carbonyl (C=O) groups excluding carboxylic acids is 2. The molecule has 0 fully saturated rings. The second kappa shape index (κ2) is 9.77. The minimum Gasteiger partial charge on any atom is -0.594 e. The van der Waals surface area contributed by atoms with Crippen molar-refractivity contribution in [3.8, 4) is 0 Å². The van der Waals surface area contributed by atoms with Gasteiger partial charge in [0.1, 0.15) is 5.69 Å². The van der Waals surface area contributed by atoms with Gasteiger partial charge in [-0.1, -0.05) is 83.9 Å². The third-order valence-corrected chi connectivity index (χ3v) is 5.35. The molecule has 0 spiro atoms. The third-order valence-electron chi connectivity index (χ3n) is 4.88. The number of benzene rings is 4. The van der Waals surface area contributed by atoms with E-state index in [-0.39, 0.29) is 34.1 Å². The van der Waals surface area contributed by atoms with Crippen molar-refractivity contribution in [2.75, 3.05) is 0 Å². The van der Waals surface area contributed by atoms with Crippen molar-refractivity contribution in [1.29, 1.82) is 0 Å². The van der Waals surface area contributed by atoms with Gasteiger partial charge in [0.2, 0.25) is 0 Å². The largest absolute Gasteiger partial charge is 0.594 e. The highest BCUT2D eigenvalue weighted by Crippen LogP contribution is 2.30. The Kier molecular flexibility index (Phi) is 6.63. The molecule has 0 unspecified atom stereocenters. The van der Waals surface area contributed by atoms with Gasteiger partial charge >= 0.3 is 0 Å². The number of rotatable bonds is 6. The van der Waals surface area contributed by atoms with E-state index in [1.807, 2.05) is 0 Å². The van der Waals surface area contributed by atoms with Crippen LogP contribution in [0.2, 0.25) is 10.0 Å². The van der Waals surface area contributed by atoms with Crippen LogP contribution >= 0.6 is 23.2 Å². The van der Waals surface area contributed by atoms with Crippen molar-refractivity contribution < 1.29 is 14.4 Å². The van der Waals surface area contributed by atoms with Gasteiger partial charge in [-0.3, -0.25) is 9.59 Å². The maximum atomic E-state index is 13.1. The first-order valence-corrected chi connectivity index (χ1v) is 10.7. The van der Waals surface area contributed by atoms with E-state index in [2.05, 4.69) is 5.11 Å². The van der Waals surface area contributed by atoms with Crippen LogP contribution < -0.4 is 0 Å². The second-order valence-electron chi connectivity index (χ2n) is 7.09. The number of carbonyl (C=O) groups is 2. The summed E-state index contributed by atoms with van der Waals surface area (Å²) in [6.45, 7) is 0. The summed E-state index contributed by atoms with van der Waals surface area (Å²) in [5.74, 6) is -0.706. The van der Waals surface area contributed by atoms with Crippen molar-refractivity contribution in [3.05, 3.63) is 135 Å².